The number of aromatic nitrogens is 1. The van der Waals surface area contributed by atoms with Gasteiger partial charge < -0.3 is 19.0 Å². The van der Waals surface area contributed by atoms with Crippen LogP contribution in [0.3, 0.4) is 0 Å². The molecule has 1 saturated carbocycles. The maximum Gasteiger partial charge on any atom is 0.333 e. The van der Waals surface area contributed by atoms with E-state index in [-0.39, 0.29) is 12.0 Å². The number of benzene rings is 1. The molecule has 0 aliphatic heterocycles. The van der Waals surface area contributed by atoms with Crippen molar-refractivity contribution in [1.82, 2.24) is 4.98 Å². The van der Waals surface area contributed by atoms with Crippen LogP contribution in [-0.4, -0.2) is 35.4 Å². The zero-order chi connectivity index (χ0) is 17.6. The quantitative estimate of drug-likeness (QED) is 0.827. The van der Waals surface area contributed by atoms with Crippen molar-refractivity contribution in [1.29, 1.82) is 0 Å². The molecule has 3 unspecified atom stereocenters. The van der Waals surface area contributed by atoms with E-state index < -0.39 is 12.1 Å². The fraction of sp³-hybridized carbons (Fsp3) is 0.474. The van der Waals surface area contributed by atoms with Crippen LogP contribution in [0.2, 0.25) is 0 Å². The van der Waals surface area contributed by atoms with Gasteiger partial charge in [0.2, 0.25) is 5.89 Å². The van der Waals surface area contributed by atoms with Crippen molar-refractivity contribution in [3.05, 3.63) is 42.3 Å². The first-order valence-corrected chi connectivity index (χ1v) is 8.54. The summed E-state index contributed by atoms with van der Waals surface area (Å²) < 4.78 is 16.6. The molecule has 134 valence electrons. The standard InChI is InChI=1S/C19H23NO5/c1-23-17(19(21)22)14-8-5-9-16(10-14)24-11-15-12-25-18(20-15)13-6-3-2-4-7-13/h2-4,6-7,12,14,16-17H,5,8-11H2,1H3,(H,21,22). The molecule has 0 radical (unpaired) electrons. The molecule has 0 bridgehead atoms. The Bertz CT molecular complexity index is 684. The number of aliphatic carboxylic acids is 1. The van der Waals surface area contributed by atoms with Crippen LogP contribution < -0.4 is 0 Å². The summed E-state index contributed by atoms with van der Waals surface area (Å²) in [6, 6.07) is 9.71. The zero-order valence-corrected chi connectivity index (χ0v) is 14.3. The molecule has 0 amide bonds. The van der Waals surface area contributed by atoms with Crippen molar-refractivity contribution < 1.29 is 23.8 Å². The average molecular weight is 345 g/mol. The molecule has 25 heavy (non-hydrogen) atoms. The lowest BCUT2D eigenvalue weighted by atomic mass is 9.83. The van der Waals surface area contributed by atoms with Gasteiger partial charge >= 0.3 is 5.97 Å². The van der Waals surface area contributed by atoms with Crippen LogP contribution in [0, 0.1) is 5.92 Å². The second-order valence-corrected chi connectivity index (χ2v) is 6.36. The summed E-state index contributed by atoms with van der Waals surface area (Å²) in [6.45, 7) is 0.360. The molecule has 1 aromatic heterocycles. The van der Waals surface area contributed by atoms with E-state index in [9.17, 15) is 9.90 Å². The summed E-state index contributed by atoms with van der Waals surface area (Å²) in [5, 5.41) is 9.24. The molecule has 3 rings (SSSR count). The van der Waals surface area contributed by atoms with Gasteiger partial charge in [0.1, 0.15) is 12.0 Å². The molecular weight excluding hydrogens is 322 g/mol. The van der Waals surface area contributed by atoms with Gasteiger partial charge in [-0.15, -0.1) is 0 Å². The van der Waals surface area contributed by atoms with E-state index in [0.717, 1.165) is 30.5 Å². The lowest BCUT2D eigenvalue weighted by molar-refractivity contribution is -0.154. The molecule has 3 atom stereocenters. The number of carbonyl (C=O) groups is 1. The second kappa shape index (κ2) is 8.27. The minimum atomic E-state index is -0.905. The van der Waals surface area contributed by atoms with Gasteiger partial charge in [0.15, 0.2) is 6.10 Å². The average Bonchev–Trinajstić information content (AvgIpc) is 3.10. The maximum atomic E-state index is 11.3. The number of nitrogens with zero attached hydrogens (tertiary/aromatic N) is 1. The maximum absolute atomic E-state index is 11.3. The molecule has 1 N–H and O–H groups in total. The molecule has 1 aliphatic carbocycles. The molecule has 0 spiro atoms. The molecule has 2 aromatic rings. The number of methoxy groups -OCH3 is 1. The number of rotatable bonds is 7. The van der Waals surface area contributed by atoms with Crippen LogP contribution >= 0.6 is 0 Å². The molecule has 6 heteroatoms. The lowest BCUT2D eigenvalue weighted by Crippen LogP contribution is -2.36. The highest BCUT2D eigenvalue weighted by atomic mass is 16.5. The first-order chi connectivity index (χ1) is 12.2. The Morgan fingerprint density at radius 2 is 2.16 bits per heavy atom. The van der Waals surface area contributed by atoms with Crippen LogP contribution in [-0.2, 0) is 20.9 Å². The van der Waals surface area contributed by atoms with Crippen molar-refractivity contribution in [2.45, 2.75) is 44.5 Å². The third-order valence-corrected chi connectivity index (χ3v) is 4.63. The minimum Gasteiger partial charge on any atom is -0.479 e. The Morgan fingerprint density at radius 3 is 2.88 bits per heavy atom. The van der Waals surface area contributed by atoms with Crippen LogP contribution in [0.5, 0.6) is 0 Å². The Balaban J connectivity index is 1.55. The minimum absolute atomic E-state index is 0.0153. The normalized spacial score (nSPS) is 21.8. The van der Waals surface area contributed by atoms with Gasteiger partial charge in [-0.25, -0.2) is 9.78 Å². The highest BCUT2D eigenvalue weighted by molar-refractivity contribution is 5.72. The van der Waals surface area contributed by atoms with Crippen LogP contribution in [0.1, 0.15) is 31.4 Å². The Hall–Kier alpha value is -2.18. The molecular formula is C19H23NO5. The topological polar surface area (TPSA) is 81.8 Å². The Morgan fingerprint density at radius 1 is 1.36 bits per heavy atom. The number of hydrogen-bond donors (Lipinski definition) is 1. The summed E-state index contributed by atoms with van der Waals surface area (Å²) in [7, 11) is 1.45. The van der Waals surface area contributed by atoms with E-state index in [1.807, 2.05) is 30.3 Å². The molecule has 0 saturated heterocycles. The molecule has 6 nitrogen and oxygen atoms in total. The number of carboxylic acids is 1. The summed E-state index contributed by atoms with van der Waals surface area (Å²) in [6.07, 6.45) is 4.28. The number of ether oxygens (including phenoxy) is 2. The van der Waals surface area contributed by atoms with E-state index in [0.29, 0.717) is 18.9 Å². The van der Waals surface area contributed by atoms with Crippen LogP contribution in [0.15, 0.2) is 41.0 Å². The Kier molecular flexibility index (Phi) is 5.83. The SMILES string of the molecule is COC(C(=O)O)C1CCCC(OCc2coc(-c3ccccc3)n2)C1. The number of oxazole rings is 1. The highest BCUT2D eigenvalue weighted by Gasteiger charge is 2.33. The fourth-order valence-electron chi connectivity index (χ4n) is 3.39. The van der Waals surface area contributed by atoms with Gasteiger partial charge in [0, 0.05) is 12.7 Å². The largest absolute Gasteiger partial charge is 0.479 e. The van der Waals surface area contributed by atoms with Crippen molar-refractivity contribution >= 4 is 5.97 Å². The predicted molar refractivity (Wildman–Crippen MR) is 90.9 cm³/mol. The van der Waals surface area contributed by atoms with Crippen LogP contribution in [0.4, 0.5) is 0 Å². The lowest BCUT2D eigenvalue weighted by Gasteiger charge is -2.31. The van der Waals surface area contributed by atoms with E-state index in [1.54, 1.807) is 6.26 Å². The molecule has 1 fully saturated rings. The first kappa shape index (κ1) is 17.6. The summed E-state index contributed by atoms with van der Waals surface area (Å²) in [5.41, 5.74) is 1.67. The second-order valence-electron chi connectivity index (χ2n) is 6.36. The summed E-state index contributed by atoms with van der Waals surface area (Å²) >= 11 is 0. The smallest absolute Gasteiger partial charge is 0.333 e. The van der Waals surface area contributed by atoms with E-state index in [1.165, 1.54) is 7.11 Å². The zero-order valence-electron chi connectivity index (χ0n) is 14.3. The third kappa shape index (κ3) is 4.46. The van der Waals surface area contributed by atoms with E-state index >= 15 is 0 Å². The number of carboxylic acid groups (broad SMARTS) is 1. The first-order valence-electron chi connectivity index (χ1n) is 8.54. The summed E-state index contributed by atoms with van der Waals surface area (Å²) in [4.78, 5) is 15.7. The van der Waals surface area contributed by atoms with Gasteiger partial charge in [-0.05, 0) is 37.3 Å². The van der Waals surface area contributed by atoms with Crippen molar-refractivity contribution in [3.63, 3.8) is 0 Å². The molecule has 1 aromatic carbocycles. The van der Waals surface area contributed by atoms with Gasteiger partial charge in [0.25, 0.3) is 0 Å². The Labute approximate surface area is 146 Å². The van der Waals surface area contributed by atoms with Gasteiger partial charge in [-0.2, -0.15) is 0 Å². The van der Waals surface area contributed by atoms with Gasteiger partial charge in [-0.1, -0.05) is 24.6 Å². The fourth-order valence-corrected chi connectivity index (χ4v) is 3.39. The summed E-state index contributed by atoms with van der Waals surface area (Å²) in [5.74, 6) is -0.346. The van der Waals surface area contributed by atoms with Crippen molar-refractivity contribution in [3.8, 4) is 11.5 Å². The van der Waals surface area contributed by atoms with Crippen molar-refractivity contribution in [2.24, 2.45) is 5.92 Å². The van der Waals surface area contributed by atoms with E-state index in [4.69, 9.17) is 13.9 Å². The van der Waals surface area contributed by atoms with Gasteiger partial charge in [-0.3, -0.25) is 0 Å². The van der Waals surface area contributed by atoms with Crippen molar-refractivity contribution in [2.75, 3.05) is 7.11 Å². The van der Waals surface area contributed by atoms with Crippen LogP contribution in [0.25, 0.3) is 11.5 Å². The highest BCUT2D eigenvalue weighted by Crippen LogP contribution is 2.30. The van der Waals surface area contributed by atoms with Gasteiger partial charge in [0.05, 0.1) is 12.7 Å². The molecule has 1 aliphatic rings. The third-order valence-electron chi connectivity index (χ3n) is 4.63. The number of hydrogen-bond acceptors (Lipinski definition) is 5. The predicted octanol–water partition coefficient (Wildman–Crippen LogP) is 3.52. The monoisotopic (exact) mass is 345 g/mol. The molecule has 1 heterocycles. The van der Waals surface area contributed by atoms with E-state index in [2.05, 4.69) is 4.98 Å².